The summed E-state index contributed by atoms with van der Waals surface area (Å²) < 4.78 is 0. The molecule has 0 unspecified atom stereocenters. The summed E-state index contributed by atoms with van der Waals surface area (Å²) in [5.41, 5.74) is 5.21. The van der Waals surface area contributed by atoms with Gasteiger partial charge in [0.2, 0.25) is 0 Å². The maximum atomic E-state index is 5.92. The van der Waals surface area contributed by atoms with Gasteiger partial charge in [0.15, 0.2) is 5.11 Å². The van der Waals surface area contributed by atoms with Crippen molar-refractivity contribution in [3.63, 3.8) is 0 Å². The number of hydrogen-bond donors (Lipinski definition) is 2. The number of halogens is 1. The van der Waals surface area contributed by atoms with E-state index in [4.69, 9.17) is 23.8 Å². The molecule has 2 heterocycles. The van der Waals surface area contributed by atoms with Crippen LogP contribution in [-0.4, -0.2) is 28.1 Å². The molecule has 0 saturated carbocycles. The smallest absolute Gasteiger partial charge is 0.169 e. The van der Waals surface area contributed by atoms with Gasteiger partial charge in [-0.3, -0.25) is 0 Å². The third-order valence-corrected chi connectivity index (χ3v) is 5.43. The van der Waals surface area contributed by atoms with Crippen LogP contribution in [0.25, 0.3) is 10.9 Å². The van der Waals surface area contributed by atoms with Crippen LogP contribution < -0.4 is 5.32 Å². The Balaban J connectivity index is 1.36. The number of aromatic nitrogens is 1. The Morgan fingerprint density at radius 1 is 1.16 bits per heavy atom. The Hall–Kier alpha value is -2.04. The van der Waals surface area contributed by atoms with E-state index in [2.05, 4.69) is 51.6 Å². The van der Waals surface area contributed by atoms with Crippen molar-refractivity contribution in [3.05, 3.63) is 70.4 Å². The Bertz CT molecular complexity index is 901. The molecule has 128 valence electrons. The topological polar surface area (TPSA) is 31.1 Å². The summed E-state index contributed by atoms with van der Waals surface area (Å²) in [5.74, 6) is 0. The van der Waals surface area contributed by atoms with Crippen LogP contribution in [0.15, 0.2) is 48.5 Å². The van der Waals surface area contributed by atoms with Crippen molar-refractivity contribution < 1.29 is 0 Å². The summed E-state index contributed by atoms with van der Waals surface area (Å²) in [7, 11) is 0. The minimum absolute atomic E-state index is 0.773. The highest BCUT2D eigenvalue weighted by Gasteiger charge is 2.21. The molecule has 0 bridgehead atoms. The van der Waals surface area contributed by atoms with Gasteiger partial charge in [0.25, 0.3) is 0 Å². The van der Waals surface area contributed by atoms with E-state index in [1.807, 2.05) is 12.1 Å². The van der Waals surface area contributed by atoms with E-state index in [0.29, 0.717) is 0 Å². The first-order valence-electron chi connectivity index (χ1n) is 8.56. The van der Waals surface area contributed by atoms with Crippen LogP contribution in [0, 0.1) is 0 Å². The highest BCUT2D eigenvalue weighted by Crippen LogP contribution is 2.27. The molecule has 2 N–H and O–H groups in total. The summed E-state index contributed by atoms with van der Waals surface area (Å²) in [6, 6.07) is 16.5. The van der Waals surface area contributed by atoms with Crippen LogP contribution in [-0.2, 0) is 19.4 Å². The molecule has 0 aliphatic carbocycles. The molecule has 1 aliphatic heterocycles. The first kappa shape index (κ1) is 16.4. The highest BCUT2D eigenvalue weighted by atomic mass is 35.5. The lowest BCUT2D eigenvalue weighted by atomic mass is 10.0. The van der Waals surface area contributed by atoms with Crippen LogP contribution in [0.2, 0.25) is 5.02 Å². The van der Waals surface area contributed by atoms with Crippen molar-refractivity contribution >= 4 is 39.8 Å². The molecule has 3 nitrogen and oxygen atoms in total. The summed E-state index contributed by atoms with van der Waals surface area (Å²) in [6.45, 7) is 2.63. The van der Waals surface area contributed by atoms with Crippen molar-refractivity contribution in [2.24, 2.45) is 0 Å². The zero-order valence-electron chi connectivity index (χ0n) is 13.9. The first-order chi connectivity index (χ1) is 12.2. The lowest BCUT2D eigenvalue weighted by molar-refractivity contribution is 0.384. The number of hydrogen-bond acceptors (Lipinski definition) is 1. The summed E-state index contributed by atoms with van der Waals surface area (Å²) in [6.07, 6.45) is 1.96. The lowest BCUT2D eigenvalue weighted by Gasteiger charge is -2.29. The molecular formula is C20H20ClN3S. The van der Waals surface area contributed by atoms with Gasteiger partial charge < -0.3 is 15.2 Å². The van der Waals surface area contributed by atoms with E-state index in [0.717, 1.165) is 42.6 Å². The molecule has 0 saturated heterocycles. The minimum atomic E-state index is 0.773. The third kappa shape index (κ3) is 3.51. The SMILES string of the molecule is S=C(NCCc1ccc(Cl)cc1)N1CCc2c([nH]c3ccccc23)C1. The quantitative estimate of drug-likeness (QED) is 0.675. The van der Waals surface area contributed by atoms with Crippen molar-refractivity contribution in [1.82, 2.24) is 15.2 Å². The molecule has 25 heavy (non-hydrogen) atoms. The van der Waals surface area contributed by atoms with E-state index in [1.54, 1.807) is 0 Å². The predicted octanol–water partition coefficient (Wildman–Crippen LogP) is 4.30. The second kappa shape index (κ2) is 7.06. The molecule has 1 aliphatic rings. The minimum Gasteiger partial charge on any atom is -0.362 e. The van der Waals surface area contributed by atoms with Gasteiger partial charge >= 0.3 is 0 Å². The number of H-pyrrole nitrogens is 1. The average molecular weight is 370 g/mol. The number of para-hydroxylation sites is 1. The molecule has 2 aromatic carbocycles. The lowest BCUT2D eigenvalue weighted by Crippen LogP contribution is -2.43. The van der Waals surface area contributed by atoms with Gasteiger partial charge in [-0.25, -0.2) is 0 Å². The van der Waals surface area contributed by atoms with Crippen LogP contribution in [0.1, 0.15) is 16.8 Å². The average Bonchev–Trinajstić information content (AvgIpc) is 3.01. The Labute approximate surface area is 158 Å². The van der Waals surface area contributed by atoms with Crippen molar-refractivity contribution in [2.45, 2.75) is 19.4 Å². The Kier molecular flexibility index (Phi) is 4.64. The van der Waals surface area contributed by atoms with Gasteiger partial charge in [-0.1, -0.05) is 41.9 Å². The second-order valence-electron chi connectivity index (χ2n) is 6.41. The van der Waals surface area contributed by atoms with Crippen LogP contribution in [0.5, 0.6) is 0 Å². The molecule has 0 radical (unpaired) electrons. The number of aromatic amines is 1. The first-order valence-corrected chi connectivity index (χ1v) is 9.35. The maximum Gasteiger partial charge on any atom is 0.169 e. The second-order valence-corrected chi connectivity index (χ2v) is 7.23. The summed E-state index contributed by atoms with van der Waals surface area (Å²) >= 11 is 11.5. The number of rotatable bonds is 3. The number of nitrogens with zero attached hydrogens (tertiary/aromatic N) is 1. The monoisotopic (exact) mass is 369 g/mol. The van der Waals surface area contributed by atoms with E-state index in [1.165, 1.54) is 27.7 Å². The molecule has 0 amide bonds. The summed E-state index contributed by atoms with van der Waals surface area (Å²) in [5, 5.41) is 6.34. The molecule has 3 aromatic rings. The summed E-state index contributed by atoms with van der Waals surface area (Å²) in [4.78, 5) is 5.79. The van der Waals surface area contributed by atoms with E-state index >= 15 is 0 Å². The molecule has 0 fully saturated rings. The van der Waals surface area contributed by atoms with Gasteiger partial charge in [0.1, 0.15) is 0 Å². The fourth-order valence-corrected chi connectivity index (χ4v) is 3.83. The largest absolute Gasteiger partial charge is 0.362 e. The van der Waals surface area contributed by atoms with Gasteiger partial charge in [0, 0.05) is 34.7 Å². The van der Waals surface area contributed by atoms with Crippen LogP contribution in [0.4, 0.5) is 0 Å². The maximum absolute atomic E-state index is 5.92. The van der Waals surface area contributed by atoms with Gasteiger partial charge in [-0.15, -0.1) is 0 Å². The zero-order valence-corrected chi connectivity index (χ0v) is 15.5. The number of thiocarbonyl (C=S) groups is 1. The molecular weight excluding hydrogens is 350 g/mol. The number of benzene rings is 2. The van der Waals surface area contributed by atoms with E-state index < -0.39 is 0 Å². The Morgan fingerprint density at radius 2 is 1.96 bits per heavy atom. The molecule has 4 rings (SSSR count). The van der Waals surface area contributed by atoms with Crippen molar-refractivity contribution in [1.29, 1.82) is 0 Å². The third-order valence-electron chi connectivity index (χ3n) is 4.77. The van der Waals surface area contributed by atoms with Crippen molar-refractivity contribution in [3.8, 4) is 0 Å². The standard InChI is InChI=1S/C20H20ClN3S/c21-15-7-5-14(6-8-15)9-11-22-20(25)24-12-10-17-16-3-1-2-4-18(16)23-19(17)13-24/h1-8,23H,9-13H2,(H,22,25). The number of fused-ring (bicyclic) bond motifs is 3. The normalized spacial score (nSPS) is 13.7. The molecule has 0 atom stereocenters. The van der Waals surface area contributed by atoms with E-state index in [-0.39, 0.29) is 0 Å². The molecule has 0 spiro atoms. The van der Waals surface area contributed by atoms with Crippen LogP contribution in [0.3, 0.4) is 0 Å². The highest BCUT2D eigenvalue weighted by molar-refractivity contribution is 7.80. The van der Waals surface area contributed by atoms with Crippen molar-refractivity contribution in [2.75, 3.05) is 13.1 Å². The van der Waals surface area contributed by atoms with Gasteiger partial charge in [-0.2, -0.15) is 0 Å². The fourth-order valence-electron chi connectivity index (χ4n) is 3.44. The number of nitrogens with one attached hydrogen (secondary N) is 2. The van der Waals surface area contributed by atoms with Gasteiger partial charge in [-0.05, 0) is 54.4 Å². The predicted molar refractivity (Wildman–Crippen MR) is 108 cm³/mol. The zero-order chi connectivity index (χ0) is 17.2. The molecule has 1 aromatic heterocycles. The van der Waals surface area contributed by atoms with E-state index in [9.17, 15) is 0 Å². The van der Waals surface area contributed by atoms with Gasteiger partial charge in [0.05, 0.1) is 6.54 Å². The van der Waals surface area contributed by atoms with Crippen LogP contribution >= 0.6 is 23.8 Å². The molecule has 5 heteroatoms. The Morgan fingerprint density at radius 3 is 2.80 bits per heavy atom. The fraction of sp³-hybridized carbons (Fsp3) is 0.250.